The molecule has 198 valence electrons. The second kappa shape index (κ2) is 13.9. The molecule has 0 aliphatic heterocycles. The van der Waals surface area contributed by atoms with E-state index in [4.69, 9.17) is 16.3 Å². The summed E-state index contributed by atoms with van der Waals surface area (Å²) in [6.45, 7) is 1.98. The number of rotatable bonds is 13. The van der Waals surface area contributed by atoms with Crippen LogP contribution >= 0.6 is 35.1 Å². The monoisotopic (exact) mass is 582 g/mol. The van der Waals surface area contributed by atoms with Crippen molar-refractivity contribution in [2.75, 3.05) is 36.0 Å². The van der Waals surface area contributed by atoms with Crippen LogP contribution in [-0.2, 0) is 20.6 Å². The summed E-state index contributed by atoms with van der Waals surface area (Å²) >= 11 is 8.97. The van der Waals surface area contributed by atoms with Crippen molar-refractivity contribution in [1.82, 2.24) is 5.32 Å². The van der Waals surface area contributed by atoms with Crippen LogP contribution < -0.4 is 14.4 Å². The fourth-order valence-electron chi connectivity index (χ4n) is 3.41. The normalized spacial score (nSPS) is 11.2. The summed E-state index contributed by atoms with van der Waals surface area (Å²) in [6.07, 6.45) is 1.90. The molecule has 0 aromatic heterocycles. The van der Waals surface area contributed by atoms with Crippen LogP contribution in [0.3, 0.4) is 0 Å². The van der Waals surface area contributed by atoms with Crippen LogP contribution in [-0.4, -0.2) is 46.0 Å². The van der Waals surface area contributed by atoms with E-state index >= 15 is 0 Å². The van der Waals surface area contributed by atoms with Crippen LogP contribution in [0.15, 0.2) is 76.5 Å². The van der Waals surface area contributed by atoms with E-state index in [9.17, 15) is 17.6 Å². The molecule has 6 nitrogen and oxygen atoms in total. The van der Waals surface area contributed by atoms with Crippen molar-refractivity contribution in [3.63, 3.8) is 0 Å². The number of ether oxygens (including phenoxy) is 1. The van der Waals surface area contributed by atoms with Gasteiger partial charge in [0, 0.05) is 33.5 Å². The zero-order valence-electron chi connectivity index (χ0n) is 20.4. The Kier molecular flexibility index (Phi) is 11.0. The van der Waals surface area contributed by atoms with Gasteiger partial charge in [-0.3, -0.25) is 9.10 Å². The number of hydrogen-bond donors (Lipinski definition) is 1. The average molecular weight is 583 g/mol. The number of anilines is 1. The van der Waals surface area contributed by atoms with Crippen LogP contribution in [0.4, 0.5) is 10.1 Å². The molecular weight excluding hydrogens is 555 g/mol. The molecule has 1 N–H and O–H groups in total. The number of benzene rings is 3. The first-order chi connectivity index (χ1) is 17.8. The zero-order chi connectivity index (χ0) is 26.8. The van der Waals surface area contributed by atoms with Gasteiger partial charge in [-0.25, -0.2) is 12.8 Å². The molecule has 0 atom stereocenters. The Morgan fingerprint density at radius 2 is 1.81 bits per heavy atom. The molecular formula is C26H28ClFN2O4S3. The maximum atomic E-state index is 13.9. The first-order valence-electron chi connectivity index (χ1n) is 11.4. The summed E-state index contributed by atoms with van der Waals surface area (Å²) in [4.78, 5) is 13.9. The van der Waals surface area contributed by atoms with Gasteiger partial charge < -0.3 is 10.1 Å². The van der Waals surface area contributed by atoms with Crippen molar-refractivity contribution >= 4 is 56.7 Å². The van der Waals surface area contributed by atoms with Crippen LogP contribution in [0.5, 0.6) is 5.75 Å². The van der Waals surface area contributed by atoms with Crippen LogP contribution in [0.1, 0.15) is 12.5 Å². The number of halogens is 2. The summed E-state index contributed by atoms with van der Waals surface area (Å²) in [5.74, 6) is 0.368. The Morgan fingerprint density at radius 3 is 2.49 bits per heavy atom. The molecule has 0 heterocycles. The molecule has 0 saturated carbocycles. The minimum absolute atomic E-state index is 0.0710. The number of sulfonamides is 1. The van der Waals surface area contributed by atoms with E-state index in [-0.39, 0.29) is 22.9 Å². The van der Waals surface area contributed by atoms with Gasteiger partial charge in [-0.1, -0.05) is 29.8 Å². The Bertz CT molecular complexity index is 1290. The molecule has 37 heavy (non-hydrogen) atoms. The van der Waals surface area contributed by atoms with Crippen LogP contribution in [0, 0.1) is 5.82 Å². The topological polar surface area (TPSA) is 75.7 Å². The predicted molar refractivity (Wildman–Crippen MR) is 151 cm³/mol. The lowest BCUT2D eigenvalue weighted by Crippen LogP contribution is -2.41. The molecule has 0 radical (unpaired) electrons. The van der Waals surface area contributed by atoms with Crippen LogP contribution in [0.25, 0.3) is 0 Å². The highest BCUT2D eigenvalue weighted by Gasteiger charge is 2.29. The van der Waals surface area contributed by atoms with E-state index in [1.165, 1.54) is 41.7 Å². The van der Waals surface area contributed by atoms with Crippen molar-refractivity contribution in [3.05, 3.63) is 83.1 Å². The third kappa shape index (κ3) is 7.80. The predicted octanol–water partition coefficient (Wildman–Crippen LogP) is 5.84. The number of nitrogens with one attached hydrogen (secondary N) is 1. The summed E-state index contributed by atoms with van der Waals surface area (Å²) in [5.41, 5.74) is 0.690. The molecule has 0 aliphatic rings. The Labute approximate surface area is 231 Å². The van der Waals surface area contributed by atoms with Crippen molar-refractivity contribution in [3.8, 4) is 5.75 Å². The number of hydrogen-bond acceptors (Lipinski definition) is 6. The molecule has 3 aromatic rings. The molecule has 1 amide bonds. The smallest absolute Gasteiger partial charge is 0.264 e. The number of thioether (sulfide) groups is 2. The lowest BCUT2D eigenvalue weighted by Gasteiger charge is -2.26. The molecule has 0 spiro atoms. The van der Waals surface area contributed by atoms with Gasteiger partial charge in [-0.15, -0.1) is 11.8 Å². The van der Waals surface area contributed by atoms with E-state index < -0.39 is 22.5 Å². The molecule has 0 saturated heterocycles. The van der Waals surface area contributed by atoms with Crippen molar-refractivity contribution in [2.24, 2.45) is 0 Å². The third-order valence-corrected chi connectivity index (χ3v) is 9.10. The van der Waals surface area contributed by atoms with Gasteiger partial charge in [0.05, 0.1) is 17.2 Å². The second-order valence-electron chi connectivity index (χ2n) is 7.69. The van der Waals surface area contributed by atoms with Crippen LogP contribution in [0.2, 0.25) is 5.02 Å². The van der Waals surface area contributed by atoms with Gasteiger partial charge in [-0.2, -0.15) is 11.8 Å². The van der Waals surface area contributed by atoms with E-state index in [0.717, 1.165) is 9.20 Å². The highest BCUT2D eigenvalue weighted by molar-refractivity contribution is 7.98. The van der Waals surface area contributed by atoms with E-state index in [1.807, 2.05) is 6.26 Å². The Balaban J connectivity index is 1.72. The minimum atomic E-state index is -4.07. The molecule has 3 rings (SSSR count). The van der Waals surface area contributed by atoms with E-state index in [0.29, 0.717) is 34.4 Å². The van der Waals surface area contributed by atoms with Gasteiger partial charge in [0.15, 0.2) is 0 Å². The summed E-state index contributed by atoms with van der Waals surface area (Å²) in [6, 6.07) is 17.8. The van der Waals surface area contributed by atoms with E-state index in [2.05, 4.69) is 5.32 Å². The highest BCUT2D eigenvalue weighted by atomic mass is 35.5. The lowest BCUT2D eigenvalue weighted by atomic mass is 10.2. The quantitative estimate of drug-likeness (QED) is 0.201. The van der Waals surface area contributed by atoms with Crippen molar-refractivity contribution < 1.29 is 22.3 Å². The summed E-state index contributed by atoms with van der Waals surface area (Å²) < 4.78 is 48.0. The van der Waals surface area contributed by atoms with E-state index in [1.54, 1.807) is 55.5 Å². The average Bonchev–Trinajstić information content (AvgIpc) is 2.89. The zero-order valence-corrected chi connectivity index (χ0v) is 23.7. The molecule has 0 aliphatic carbocycles. The molecule has 0 unspecified atom stereocenters. The maximum absolute atomic E-state index is 13.9. The second-order valence-corrected chi connectivity index (χ2v) is 11.9. The Morgan fingerprint density at radius 1 is 1.08 bits per heavy atom. The van der Waals surface area contributed by atoms with Gasteiger partial charge in [-0.05, 0) is 61.7 Å². The fourth-order valence-corrected chi connectivity index (χ4v) is 6.45. The number of para-hydroxylation sites is 2. The first kappa shape index (κ1) is 29.2. The maximum Gasteiger partial charge on any atom is 0.264 e. The first-order valence-corrected chi connectivity index (χ1v) is 15.6. The molecule has 0 fully saturated rings. The molecule has 11 heteroatoms. The number of carbonyl (C=O) groups is 1. The lowest BCUT2D eigenvalue weighted by molar-refractivity contribution is -0.119. The summed E-state index contributed by atoms with van der Waals surface area (Å²) in [7, 11) is -4.07. The molecule has 3 aromatic carbocycles. The Hall–Kier alpha value is -2.40. The SMILES string of the molecule is CCOc1ccccc1N(CC(=O)NCCSCc1c(F)cccc1Cl)S(=O)(=O)c1ccc(SC)cc1. The van der Waals surface area contributed by atoms with Crippen molar-refractivity contribution in [2.45, 2.75) is 22.5 Å². The number of carbonyl (C=O) groups excluding carboxylic acids is 1. The third-order valence-electron chi connectivity index (χ3n) is 5.25. The summed E-state index contributed by atoms with van der Waals surface area (Å²) in [5, 5.41) is 3.11. The van der Waals surface area contributed by atoms with Gasteiger partial charge in [0.1, 0.15) is 18.1 Å². The molecule has 0 bridgehead atoms. The van der Waals surface area contributed by atoms with Gasteiger partial charge in [0.2, 0.25) is 5.91 Å². The number of nitrogens with zero attached hydrogens (tertiary/aromatic N) is 1. The largest absolute Gasteiger partial charge is 0.492 e. The highest BCUT2D eigenvalue weighted by Crippen LogP contribution is 2.33. The number of amides is 1. The van der Waals surface area contributed by atoms with Gasteiger partial charge >= 0.3 is 0 Å². The standard InChI is InChI=1S/C26H28ClFN2O4S3/c1-3-34-25-10-5-4-9-24(25)30(37(32,33)20-13-11-19(35-2)12-14-20)17-26(31)29-15-16-36-18-21-22(27)7-6-8-23(21)28/h4-14H,3,15-18H2,1-2H3,(H,29,31). The fraction of sp³-hybridized carbons (Fsp3) is 0.269. The van der Waals surface area contributed by atoms with Gasteiger partial charge in [0.25, 0.3) is 10.0 Å². The minimum Gasteiger partial charge on any atom is -0.492 e. The van der Waals surface area contributed by atoms with Crippen molar-refractivity contribution in [1.29, 1.82) is 0 Å².